The first kappa shape index (κ1) is 21.5. The fourth-order valence-electron chi connectivity index (χ4n) is 3.49. The van der Waals surface area contributed by atoms with E-state index in [1.807, 2.05) is 0 Å². The standard InChI is InChI=1S/C24H19ClFN3O3/c25-18-11-9-16(10-12-18)14-28-20-7-3-4-8-21(20)29(24(32)23(28)31)15-22(30)27-13-17-5-1-2-6-19(17)26/h1-12H,13-15H2,(H,27,30). The van der Waals surface area contributed by atoms with Gasteiger partial charge in [0.2, 0.25) is 5.91 Å². The lowest BCUT2D eigenvalue weighted by atomic mass is 10.2. The number of amides is 1. The predicted octanol–water partition coefficient (Wildman–Crippen LogP) is 3.32. The van der Waals surface area contributed by atoms with E-state index >= 15 is 0 Å². The highest BCUT2D eigenvalue weighted by Crippen LogP contribution is 2.14. The van der Waals surface area contributed by atoms with Crippen LogP contribution < -0.4 is 16.4 Å². The molecule has 0 spiro atoms. The minimum Gasteiger partial charge on any atom is -0.350 e. The summed E-state index contributed by atoms with van der Waals surface area (Å²) >= 11 is 5.93. The molecule has 4 rings (SSSR count). The van der Waals surface area contributed by atoms with Crippen molar-refractivity contribution < 1.29 is 9.18 Å². The van der Waals surface area contributed by atoms with Gasteiger partial charge in [0.05, 0.1) is 17.6 Å². The number of halogens is 2. The summed E-state index contributed by atoms with van der Waals surface area (Å²) in [4.78, 5) is 38.3. The Balaban J connectivity index is 1.65. The van der Waals surface area contributed by atoms with Crippen LogP contribution in [-0.2, 0) is 24.4 Å². The second kappa shape index (κ2) is 9.20. The molecule has 1 amide bonds. The van der Waals surface area contributed by atoms with Crippen molar-refractivity contribution in [1.82, 2.24) is 14.5 Å². The van der Waals surface area contributed by atoms with E-state index in [4.69, 9.17) is 11.6 Å². The quantitative estimate of drug-likeness (QED) is 0.457. The number of carbonyl (C=O) groups excluding carboxylic acids is 1. The number of benzene rings is 3. The summed E-state index contributed by atoms with van der Waals surface area (Å²) < 4.78 is 16.3. The summed E-state index contributed by atoms with van der Waals surface area (Å²) in [7, 11) is 0. The number of carbonyl (C=O) groups is 1. The summed E-state index contributed by atoms with van der Waals surface area (Å²) in [5.41, 5.74) is 0.568. The number of para-hydroxylation sites is 2. The Labute approximate surface area is 187 Å². The van der Waals surface area contributed by atoms with Crippen molar-refractivity contribution in [2.24, 2.45) is 0 Å². The van der Waals surface area contributed by atoms with Crippen LogP contribution in [0.25, 0.3) is 11.0 Å². The van der Waals surface area contributed by atoms with Gasteiger partial charge in [0.15, 0.2) is 0 Å². The third kappa shape index (κ3) is 4.48. The van der Waals surface area contributed by atoms with Crippen molar-refractivity contribution in [2.75, 3.05) is 0 Å². The third-order valence-corrected chi connectivity index (χ3v) is 5.38. The molecule has 4 aromatic rings. The van der Waals surface area contributed by atoms with E-state index in [1.165, 1.54) is 10.6 Å². The molecule has 0 aliphatic carbocycles. The molecule has 0 fully saturated rings. The summed E-state index contributed by atoms with van der Waals surface area (Å²) in [6.07, 6.45) is 0. The molecule has 8 heteroatoms. The number of hydrogen-bond donors (Lipinski definition) is 1. The smallest absolute Gasteiger partial charge is 0.317 e. The number of fused-ring (bicyclic) bond motifs is 1. The molecule has 1 aromatic heterocycles. The van der Waals surface area contributed by atoms with Crippen LogP contribution in [0.15, 0.2) is 82.4 Å². The predicted molar refractivity (Wildman–Crippen MR) is 121 cm³/mol. The first-order valence-electron chi connectivity index (χ1n) is 9.91. The molecule has 6 nitrogen and oxygen atoms in total. The Morgan fingerprint density at radius 1 is 0.844 bits per heavy atom. The van der Waals surface area contributed by atoms with Gasteiger partial charge in [0.25, 0.3) is 0 Å². The highest BCUT2D eigenvalue weighted by atomic mass is 35.5. The van der Waals surface area contributed by atoms with Crippen LogP contribution in [0.1, 0.15) is 11.1 Å². The molecule has 0 radical (unpaired) electrons. The maximum atomic E-state index is 13.8. The molecule has 0 bridgehead atoms. The Bertz CT molecular complexity index is 1410. The van der Waals surface area contributed by atoms with Gasteiger partial charge in [-0.15, -0.1) is 0 Å². The molecule has 1 N–H and O–H groups in total. The molecular formula is C24H19ClFN3O3. The summed E-state index contributed by atoms with van der Waals surface area (Å²) in [6.45, 7) is -0.192. The fraction of sp³-hybridized carbons (Fsp3) is 0.125. The average molecular weight is 452 g/mol. The maximum absolute atomic E-state index is 13.8. The number of nitrogens with one attached hydrogen (secondary N) is 1. The number of nitrogens with zero attached hydrogens (tertiary/aromatic N) is 2. The third-order valence-electron chi connectivity index (χ3n) is 5.13. The van der Waals surface area contributed by atoms with Gasteiger partial charge >= 0.3 is 11.1 Å². The highest BCUT2D eigenvalue weighted by Gasteiger charge is 2.16. The minimum atomic E-state index is -0.807. The Hall–Kier alpha value is -3.71. The van der Waals surface area contributed by atoms with Gasteiger partial charge in [-0.05, 0) is 35.9 Å². The van der Waals surface area contributed by atoms with E-state index in [9.17, 15) is 18.8 Å². The monoisotopic (exact) mass is 451 g/mol. The normalized spacial score (nSPS) is 10.9. The van der Waals surface area contributed by atoms with Crippen LogP contribution in [0.3, 0.4) is 0 Å². The van der Waals surface area contributed by atoms with Crippen LogP contribution in [0.5, 0.6) is 0 Å². The van der Waals surface area contributed by atoms with Gasteiger partial charge in [0.1, 0.15) is 12.4 Å². The lowest BCUT2D eigenvalue weighted by molar-refractivity contribution is -0.121. The molecule has 0 saturated heterocycles. The largest absolute Gasteiger partial charge is 0.350 e. The van der Waals surface area contributed by atoms with Crippen molar-refractivity contribution in [3.63, 3.8) is 0 Å². The lowest BCUT2D eigenvalue weighted by Crippen LogP contribution is -2.44. The second-order valence-electron chi connectivity index (χ2n) is 7.27. The summed E-state index contributed by atoms with van der Waals surface area (Å²) in [6, 6.07) is 20.0. The number of hydrogen-bond acceptors (Lipinski definition) is 3. The molecule has 32 heavy (non-hydrogen) atoms. The second-order valence-corrected chi connectivity index (χ2v) is 7.70. The van der Waals surface area contributed by atoms with Gasteiger partial charge in [-0.25, -0.2) is 4.39 Å². The molecule has 0 saturated carbocycles. The minimum absolute atomic E-state index is 0.0220. The fourth-order valence-corrected chi connectivity index (χ4v) is 3.62. The topological polar surface area (TPSA) is 73.1 Å². The van der Waals surface area contributed by atoms with E-state index in [0.29, 0.717) is 21.6 Å². The Morgan fingerprint density at radius 2 is 1.44 bits per heavy atom. The molecule has 0 aliphatic heterocycles. The highest BCUT2D eigenvalue weighted by molar-refractivity contribution is 6.30. The van der Waals surface area contributed by atoms with Crippen LogP contribution in [0.4, 0.5) is 4.39 Å². The van der Waals surface area contributed by atoms with Crippen molar-refractivity contribution in [3.8, 4) is 0 Å². The molecule has 162 valence electrons. The van der Waals surface area contributed by atoms with E-state index < -0.39 is 22.8 Å². The first-order chi connectivity index (χ1) is 15.4. The molecule has 0 atom stereocenters. The van der Waals surface area contributed by atoms with Crippen molar-refractivity contribution >= 4 is 28.5 Å². The number of aromatic nitrogens is 2. The van der Waals surface area contributed by atoms with Crippen LogP contribution >= 0.6 is 11.6 Å². The molecule has 0 aliphatic rings. The average Bonchev–Trinajstić information content (AvgIpc) is 2.80. The zero-order valence-corrected chi connectivity index (χ0v) is 17.7. The zero-order chi connectivity index (χ0) is 22.7. The van der Waals surface area contributed by atoms with Gasteiger partial charge in [-0.1, -0.05) is 54.1 Å². The van der Waals surface area contributed by atoms with E-state index in [1.54, 1.807) is 66.7 Å². The maximum Gasteiger partial charge on any atom is 0.317 e. The molecular weight excluding hydrogens is 433 g/mol. The van der Waals surface area contributed by atoms with Crippen molar-refractivity contribution in [3.05, 3.63) is 115 Å². The Kier molecular flexibility index (Phi) is 6.18. The van der Waals surface area contributed by atoms with Gasteiger partial charge < -0.3 is 5.32 Å². The van der Waals surface area contributed by atoms with Gasteiger partial charge in [0, 0.05) is 17.1 Å². The molecule has 0 unspecified atom stereocenters. The summed E-state index contributed by atoms with van der Waals surface area (Å²) in [5.74, 6) is -0.935. The summed E-state index contributed by atoms with van der Waals surface area (Å²) in [5, 5.41) is 3.17. The van der Waals surface area contributed by atoms with Gasteiger partial charge in [-0.2, -0.15) is 0 Å². The Morgan fingerprint density at radius 3 is 2.12 bits per heavy atom. The zero-order valence-electron chi connectivity index (χ0n) is 16.9. The SMILES string of the molecule is O=C(Cn1c(=O)c(=O)n(Cc2ccc(Cl)cc2)c2ccccc21)NCc1ccccc1F. The van der Waals surface area contributed by atoms with Crippen LogP contribution in [0, 0.1) is 5.82 Å². The van der Waals surface area contributed by atoms with Crippen LogP contribution in [0.2, 0.25) is 5.02 Å². The first-order valence-corrected chi connectivity index (χ1v) is 10.3. The molecule has 1 heterocycles. The molecule has 3 aromatic carbocycles. The van der Waals surface area contributed by atoms with Crippen molar-refractivity contribution in [1.29, 1.82) is 0 Å². The van der Waals surface area contributed by atoms with E-state index in [-0.39, 0.29) is 19.6 Å². The lowest BCUT2D eigenvalue weighted by Gasteiger charge is -2.15. The van der Waals surface area contributed by atoms with Gasteiger partial charge in [-0.3, -0.25) is 23.5 Å². The van der Waals surface area contributed by atoms with E-state index in [0.717, 1.165) is 10.1 Å². The van der Waals surface area contributed by atoms with Crippen LogP contribution in [-0.4, -0.2) is 15.0 Å². The number of rotatable bonds is 6. The van der Waals surface area contributed by atoms with E-state index in [2.05, 4.69) is 5.32 Å². The van der Waals surface area contributed by atoms with Crippen molar-refractivity contribution in [2.45, 2.75) is 19.6 Å².